The van der Waals surface area contributed by atoms with E-state index in [2.05, 4.69) is 13.8 Å². The standard InChI is InChI=1S/C17H29NO3/c1-13(2)14-5-9-18(10-6-14)15(19)11-17(12-16(20)21)7-3-4-8-17/h13-14H,3-12H2,1-2H3,(H,20,21). The van der Waals surface area contributed by atoms with Crippen molar-refractivity contribution in [3.05, 3.63) is 0 Å². The summed E-state index contributed by atoms with van der Waals surface area (Å²) in [5.41, 5.74) is -0.266. The quantitative estimate of drug-likeness (QED) is 0.846. The third-order valence-corrected chi connectivity index (χ3v) is 5.55. The molecule has 2 aliphatic rings. The first kappa shape index (κ1) is 16.3. The number of rotatable bonds is 5. The molecule has 0 radical (unpaired) electrons. The van der Waals surface area contributed by atoms with Crippen LogP contribution in [0.2, 0.25) is 0 Å². The molecule has 1 aliphatic heterocycles. The fourth-order valence-corrected chi connectivity index (χ4v) is 4.11. The minimum Gasteiger partial charge on any atom is -0.481 e. The molecule has 1 aliphatic carbocycles. The molecule has 0 spiro atoms. The second-order valence-electron chi connectivity index (χ2n) is 7.42. The zero-order valence-electron chi connectivity index (χ0n) is 13.4. The highest BCUT2D eigenvalue weighted by molar-refractivity contribution is 5.78. The van der Waals surface area contributed by atoms with Gasteiger partial charge in [-0.25, -0.2) is 0 Å². The van der Waals surface area contributed by atoms with E-state index in [9.17, 15) is 9.59 Å². The van der Waals surface area contributed by atoms with E-state index in [-0.39, 0.29) is 17.7 Å². The minimum absolute atomic E-state index is 0.154. The van der Waals surface area contributed by atoms with Crippen molar-refractivity contribution >= 4 is 11.9 Å². The highest BCUT2D eigenvalue weighted by Crippen LogP contribution is 2.44. The number of aliphatic carboxylic acids is 1. The smallest absolute Gasteiger partial charge is 0.303 e. The van der Waals surface area contributed by atoms with Gasteiger partial charge in [-0.3, -0.25) is 9.59 Å². The third-order valence-electron chi connectivity index (χ3n) is 5.55. The van der Waals surface area contributed by atoms with Crippen LogP contribution in [0.15, 0.2) is 0 Å². The number of amides is 1. The van der Waals surface area contributed by atoms with Gasteiger partial charge < -0.3 is 10.0 Å². The number of carboxylic acids is 1. The van der Waals surface area contributed by atoms with Crippen molar-refractivity contribution < 1.29 is 14.7 Å². The van der Waals surface area contributed by atoms with E-state index < -0.39 is 5.97 Å². The molecule has 4 nitrogen and oxygen atoms in total. The number of piperidine rings is 1. The second kappa shape index (κ2) is 6.80. The van der Waals surface area contributed by atoms with Gasteiger partial charge in [0, 0.05) is 19.5 Å². The van der Waals surface area contributed by atoms with Crippen LogP contribution in [-0.4, -0.2) is 35.0 Å². The summed E-state index contributed by atoms with van der Waals surface area (Å²) in [5.74, 6) is 0.840. The number of likely N-dealkylation sites (tertiary alicyclic amines) is 1. The van der Waals surface area contributed by atoms with Crippen LogP contribution in [-0.2, 0) is 9.59 Å². The van der Waals surface area contributed by atoms with Crippen LogP contribution in [0.3, 0.4) is 0 Å². The maximum Gasteiger partial charge on any atom is 0.303 e. The highest BCUT2D eigenvalue weighted by Gasteiger charge is 2.39. The molecule has 1 amide bonds. The van der Waals surface area contributed by atoms with Gasteiger partial charge in [0.25, 0.3) is 0 Å². The lowest BCUT2D eigenvalue weighted by atomic mass is 9.78. The molecule has 0 unspecified atom stereocenters. The third kappa shape index (κ3) is 4.21. The topological polar surface area (TPSA) is 57.6 Å². The number of carboxylic acid groups (broad SMARTS) is 1. The Morgan fingerprint density at radius 1 is 1.14 bits per heavy atom. The number of hydrogen-bond donors (Lipinski definition) is 1. The lowest BCUT2D eigenvalue weighted by molar-refractivity contribution is -0.142. The van der Waals surface area contributed by atoms with Crippen LogP contribution in [0.25, 0.3) is 0 Å². The summed E-state index contributed by atoms with van der Waals surface area (Å²) < 4.78 is 0. The summed E-state index contributed by atoms with van der Waals surface area (Å²) >= 11 is 0. The minimum atomic E-state index is -0.761. The Balaban J connectivity index is 1.90. The highest BCUT2D eigenvalue weighted by atomic mass is 16.4. The Morgan fingerprint density at radius 3 is 2.19 bits per heavy atom. The fourth-order valence-electron chi connectivity index (χ4n) is 4.11. The van der Waals surface area contributed by atoms with E-state index in [1.54, 1.807) is 0 Å². The van der Waals surface area contributed by atoms with Crippen LogP contribution in [0.4, 0.5) is 0 Å². The summed E-state index contributed by atoms with van der Waals surface area (Å²) in [6.07, 6.45) is 6.70. The first-order valence-corrected chi connectivity index (χ1v) is 8.41. The molecule has 1 saturated carbocycles. The van der Waals surface area contributed by atoms with Crippen molar-refractivity contribution in [3.63, 3.8) is 0 Å². The van der Waals surface area contributed by atoms with Gasteiger partial charge in [-0.2, -0.15) is 0 Å². The molecule has 4 heteroatoms. The van der Waals surface area contributed by atoms with Crippen molar-refractivity contribution in [1.82, 2.24) is 4.90 Å². The molecule has 0 bridgehead atoms. The average molecular weight is 295 g/mol. The van der Waals surface area contributed by atoms with Crippen LogP contribution >= 0.6 is 0 Å². The Morgan fingerprint density at radius 2 is 1.71 bits per heavy atom. The summed E-state index contributed by atoms with van der Waals surface area (Å²) in [5, 5.41) is 9.13. The van der Waals surface area contributed by atoms with Gasteiger partial charge in [0.05, 0.1) is 6.42 Å². The normalized spacial score (nSPS) is 22.7. The van der Waals surface area contributed by atoms with E-state index in [1.165, 1.54) is 0 Å². The van der Waals surface area contributed by atoms with Gasteiger partial charge in [-0.1, -0.05) is 26.7 Å². The van der Waals surface area contributed by atoms with E-state index in [0.717, 1.165) is 57.5 Å². The van der Waals surface area contributed by atoms with Crippen molar-refractivity contribution in [2.75, 3.05) is 13.1 Å². The Labute approximate surface area is 127 Å². The number of carbonyl (C=O) groups excluding carboxylic acids is 1. The number of carbonyl (C=O) groups is 2. The number of nitrogens with zero attached hydrogens (tertiary/aromatic N) is 1. The van der Waals surface area contributed by atoms with Crippen molar-refractivity contribution in [2.45, 2.75) is 65.2 Å². The monoisotopic (exact) mass is 295 g/mol. The Bertz CT molecular complexity index is 377. The van der Waals surface area contributed by atoms with Crippen LogP contribution < -0.4 is 0 Å². The number of hydrogen-bond acceptors (Lipinski definition) is 2. The molecule has 1 heterocycles. The molecule has 0 aromatic carbocycles. The zero-order valence-corrected chi connectivity index (χ0v) is 13.4. The van der Waals surface area contributed by atoms with Gasteiger partial charge in [0.1, 0.15) is 0 Å². The van der Waals surface area contributed by atoms with E-state index in [1.807, 2.05) is 4.90 Å². The molecule has 0 atom stereocenters. The van der Waals surface area contributed by atoms with Crippen LogP contribution in [0.5, 0.6) is 0 Å². The molecule has 21 heavy (non-hydrogen) atoms. The van der Waals surface area contributed by atoms with Crippen LogP contribution in [0.1, 0.15) is 65.2 Å². The van der Waals surface area contributed by atoms with Gasteiger partial charge >= 0.3 is 5.97 Å². The summed E-state index contributed by atoms with van der Waals surface area (Å²) in [7, 11) is 0. The predicted octanol–water partition coefficient (Wildman–Crippen LogP) is 3.31. The maximum atomic E-state index is 12.6. The lowest BCUT2D eigenvalue weighted by Crippen LogP contribution is -2.41. The molecule has 2 fully saturated rings. The predicted molar refractivity (Wildman–Crippen MR) is 81.9 cm³/mol. The van der Waals surface area contributed by atoms with Crippen LogP contribution in [0, 0.1) is 17.3 Å². The van der Waals surface area contributed by atoms with E-state index in [0.29, 0.717) is 12.3 Å². The first-order valence-electron chi connectivity index (χ1n) is 8.41. The largest absolute Gasteiger partial charge is 0.481 e. The molecule has 120 valence electrons. The zero-order chi connectivity index (χ0) is 15.5. The van der Waals surface area contributed by atoms with E-state index in [4.69, 9.17) is 5.11 Å². The average Bonchev–Trinajstić information content (AvgIpc) is 2.86. The van der Waals surface area contributed by atoms with Gasteiger partial charge in [-0.05, 0) is 42.9 Å². The lowest BCUT2D eigenvalue weighted by Gasteiger charge is -2.36. The second-order valence-corrected chi connectivity index (χ2v) is 7.42. The molecule has 0 aromatic rings. The molecular weight excluding hydrogens is 266 g/mol. The summed E-state index contributed by atoms with van der Waals surface area (Å²) in [4.78, 5) is 25.6. The van der Waals surface area contributed by atoms with Crippen molar-refractivity contribution in [2.24, 2.45) is 17.3 Å². The SMILES string of the molecule is CC(C)C1CCN(C(=O)CC2(CC(=O)O)CCCC2)CC1. The van der Waals surface area contributed by atoms with Gasteiger partial charge in [0.15, 0.2) is 0 Å². The molecule has 2 rings (SSSR count). The molecule has 1 saturated heterocycles. The Kier molecular flexibility index (Phi) is 5.28. The molecule has 1 N–H and O–H groups in total. The molecular formula is C17H29NO3. The van der Waals surface area contributed by atoms with E-state index >= 15 is 0 Å². The molecule has 0 aromatic heterocycles. The van der Waals surface area contributed by atoms with Gasteiger partial charge in [0.2, 0.25) is 5.91 Å². The first-order chi connectivity index (χ1) is 9.92. The summed E-state index contributed by atoms with van der Waals surface area (Å²) in [6, 6.07) is 0. The van der Waals surface area contributed by atoms with Crippen molar-refractivity contribution in [3.8, 4) is 0 Å². The summed E-state index contributed by atoms with van der Waals surface area (Å²) in [6.45, 7) is 6.21. The maximum absolute atomic E-state index is 12.6. The van der Waals surface area contributed by atoms with Gasteiger partial charge in [-0.15, -0.1) is 0 Å². The van der Waals surface area contributed by atoms with Crippen molar-refractivity contribution in [1.29, 1.82) is 0 Å². The fraction of sp³-hybridized carbons (Fsp3) is 0.882. The Hall–Kier alpha value is -1.06.